The predicted octanol–water partition coefficient (Wildman–Crippen LogP) is 1.91. The number of rotatable bonds is 3. The van der Waals surface area contributed by atoms with Crippen molar-refractivity contribution in [3.63, 3.8) is 0 Å². The number of anilines is 1. The molecule has 0 aliphatic rings. The zero-order valence-electron chi connectivity index (χ0n) is 11.6. The second-order valence-corrected chi connectivity index (χ2v) is 4.33. The molecule has 3 N–H and O–H groups in total. The molecule has 1 heterocycles. The van der Waals surface area contributed by atoms with Crippen LogP contribution in [0.25, 0.3) is 11.1 Å². The highest BCUT2D eigenvalue weighted by molar-refractivity contribution is 5.80. The molecule has 22 heavy (non-hydrogen) atoms. The summed E-state index contributed by atoms with van der Waals surface area (Å²) in [7, 11) is 0. The molecule has 110 valence electrons. The summed E-state index contributed by atoms with van der Waals surface area (Å²) in [5.41, 5.74) is 4.64. The summed E-state index contributed by atoms with van der Waals surface area (Å²) in [4.78, 5) is 14.1. The standard InChI is InChI=1S/C15H11FN4O2/c1-2-22-10-4-8(3-9(16)5-10)13-11(6-17)14(19)20-15(21)12(13)7-18/h3-5H,2H2,1H3,(H3,19,20,21). The maximum Gasteiger partial charge on any atom is 0.268 e. The van der Waals surface area contributed by atoms with Gasteiger partial charge in [0, 0.05) is 11.6 Å². The number of nitrogens with two attached hydrogens (primary N) is 1. The summed E-state index contributed by atoms with van der Waals surface area (Å²) in [6.07, 6.45) is 0. The van der Waals surface area contributed by atoms with Crippen molar-refractivity contribution in [2.75, 3.05) is 12.3 Å². The highest BCUT2D eigenvalue weighted by Crippen LogP contribution is 2.31. The number of nitrogens with zero attached hydrogens (tertiary/aromatic N) is 2. The van der Waals surface area contributed by atoms with Crippen LogP contribution < -0.4 is 16.0 Å². The molecule has 6 nitrogen and oxygen atoms in total. The van der Waals surface area contributed by atoms with Crippen LogP contribution in [0, 0.1) is 28.5 Å². The smallest absolute Gasteiger partial charge is 0.268 e. The molecule has 0 radical (unpaired) electrons. The fraction of sp³-hybridized carbons (Fsp3) is 0.133. The van der Waals surface area contributed by atoms with E-state index in [2.05, 4.69) is 4.98 Å². The Morgan fingerprint density at radius 1 is 1.27 bits per heavy atom. The van der Waals surface area contributed by atoms with E-state index < -0.39 is 11.4 Å². The van der Waals surface area contributed by atoms with Crippen LogP contribution in [0.1, 0.15) is 18.1 Å². The number of nitriles is 2. The maximum absolute atomic E-state index is 13.7. The quantitative estimate of drug-likeness (QED) is 0.897. The van der Waals surface area contributed by atoms with Gasteiger partial charge >= 0.3 is 0 Å². The Labute approximate surface area is 125 Å². The monoisotopic (exact) mass is 298 g/mol. The molecular formula is C15H11FN4O2. The minimum atomic E-state index is -0.740. The number of nitrogen functional groups attached to an aromatic ring is 1. The van der Waals surface area contributed by atoms with Crippen molar-refractivity contribution in [1.82, 2.24) is 4.98 Å². The van der Waals surface area contributed by atoms with E-state index >= 15 is 0 Å². The van der Waals surface area contributed by atoms with Gasteiger partial charge in [0.15, 0.2) is 0 Å². The molecule has 0 fully saturated rings. The molecule has 0 unspecified atom stereocenters. The van der Waals surface area contributed by atoms with Crippen LogP contribution >= 0.6 is 0 Å². The molecule has 0 atom stereocenters. The van der Waals surface area contributed by atoms with Gasteiger partial charge in [-0.3, -0.25) is 4.79 Å². The third-order valence-electron chi connectivity index (χ3n) is 2.94. The van der Waals surface area contributed by atoms with E-state index in [9.17, 15) is 14.4 Å². The van der Waals surface area contributed by atoms with Gasteiger partial charge in [0.2, 0.25) is 0 Å². The van der Waals surface area contributed by atoms with E-state index in [-0.39, 0.29) is 33.8 Å². The second kappa shape index (κ2) is 5.98. The van der Waals surface area contributed by atoms with Crippen LogP contribution in [0.2, 0.25) is 0 Å². The first kappa shape index (κ1) is 15.1. The van der Waals surface area contributed by atoms with Crippen LogP contribution in [-0.2, 0) is 0 Å². The summed E-state index contributed by atoms with van der Waals surface area (Å²) in [5, 5.41) is 18.4. The highest BCUT2D eigenvalue weighted by atomic mass is 19.1. The normalized spacial score (nSPS) is 9.82. The summed E-state index contributed by atoms with van der Waals surface area (Å²) in [6, 6.07) is 7.27. The lowest BCUT2D eigenvalue weighted by molar-refractivity contribution is 0.338. The van der Waals surface area contributed by atoms with Crippen molar-refractivity contribution in [2.24, 2.45) is 0 Å². The fourth-order valence-corrected chi connectivity index (χ4v) is 2.09. The fourth-order valence-electron chi connectivity index (χ4n) is 2.09. The Kier molecular flexibility index (Phi) is 4.10. The summed E-state index contributed by atoms with van der Waals surface area (Å²) < 4.78 is 19.0. The Balaban J connectivity index is 2.86. The maximum atomic E-state index is 13.7. The molecule has 0 spiro atoms. The number of halogens is 1. The largest absolute Gasteiger partial charge is 0.494 e. The van der Waals surface area contributed by atoms with Gasteiger partial charge in [-0.05, 0) is 24.6 Å². The zero-order chi connectivity index (χ0) is 16.3. The number of aromatic amines is 1. The first-order valence-electron chi connectivity index (χ1n) is 6.31. The van der Waals surface area contributed by atoms with Gasteiger partial charge < -0.3 is 15.5 Å². The number of nitrogens with one attached hydrogen (secondary N) is 1. The van der Waals surface area contributed by atoms with Gasteiger partial charge in [0.05, 0.1) is 6.61 Å². The van der Waals surface area contributed by atoms with E-state index in [1.807, 2.05) is 6.07 Å². The topological polar surface area (TPSA) is 116 Å². The Morgan fingerprint density at radius 3 is 2.55 bits per heavy atom. The molecule has 0 aliphatic heterocycles. The van der Waals surface area contributed by atoms with E-state index in [1.165, 1.54) is 12.1 Å². The molecular weight excluding hydrogens is 287 g/mol. The highest BCUT2D eigenvalue weighted by Gasteiger charge is 2.19. The minimum Gasteiger partial charge on any atom is -0.494 e. The Bertz CT molecular complexity index is 875. The lowest BCUT2D eigenvalue weighted by Crippen LogP contribution is -2.16. The first-order valence-corrected chi connectivity index (χ1v) is 6.31. The van der Waals surface area contributed by atoms with Crippen LogP contribution in [0.5, 0.6) is 5.75 Å². The van der Waals surface area contributed by atoms with E-state index in [0.717, 1.165) is 6.07 Å². The van der Waals surface area contributed by atoms with E-state index in [1.54, 1.807) is 13.0 Å². The molecule has 0 aliphatic carbocycles. The van der Waals surface area contributed by atoms with Crippen molar-refractivity contribution >= 4 is 5.82 Å². The first-order chi connectivity index (χ1) is 10.5. The van der Waals surface area contributed by atoms with Crippen LogP contribution in [0.15, 0.2) is 23.0 Å². The average molecular weight is 298 g/mol. The lowest BCUT2D eigenvalue weighted by Gasteiger charge is -2.11. The van der Waals surface area contributed by atoms with Crippen molar-refractivity contribution in [1.29, 1.82) is 10.5 Å². The van der Waals surface area contributed by atoms with Crippen molar-refractivity contribution in [3.05, 3.63) is 45.5 Å². The molecule has 0 amide bonds. The van der Waals surface area contributed by atoms with Crippen LogP contribution in [-0.4, -0.2) is 11.6 Å². The van der Waals surface area contributed by atoms with Gasteiger partial charge in [0.25, 0.3) is 5.56 Å². The van der Waals surface area contributed by atoms with Gasteiger partial charge in [-0.2, -0.15) is 10.5 Å². The van der Waals surface area contributed by atoms with Crippen LogP contribution in [0.4, 0.5) is 10.2 Å². The van der Waals surface area contributed by atoms with Gasteiger partial charge in [0.1, 0.15) is 40.6 Å². The molecule has 7 heteroatoms. The van der Waals surface area contributed by atoms with Gasteiger partial charge in [-0.1, -0.05) is 0 Å². The predicted molar refractivity (Wildman–Crippen MR) is 77.5 cm³/mol. The van der Waals surface area contributed by atoms with Crippen molar-refractivity contribution < 1.29 is 9.13 Å². The number of H-pyrrole nitrogens is 1. The number of hydrogen-bond acceptors (Lipinski definition) is 5. The molecule has 0 bridgehead atoms. The molecule has 0 saturated carbocycles. The van der Waals surface area contributed by atoms with Gasteiger partial charge in [-0.25, -0.2) is 4.39 Å². The summed E-state index contributed by atoms with van der Waals surface area (Å²) >= 11 is 0. The third kappa shape index (κ3) is 2.60. The van der Waals surface area contributed by atoms with Crippen LogP contribution in [0.3, 0.4) is 0 Å². The number of benzene rings is 1. The van der Waals surface area contributed by atoms with E-state index in [4.69, 9.17) is 15.7 Å². The summed E-state index contributed by atoms with van der Waals surface area (Å²) in [5.74, 6) is -0.569. The second-order valence-electron chi connectivity index (χ2n) is 4.33. The SMILES string of the molecule is CCOc1cc(F)cc(-c2c(C#N)c(N)[nH]c(=O)c2C#N)c1. The molecule has 1 aromatic carbocycles. The Hall–Kier alpha value is -3.32. The molecule has 2 aromatic rings. The minimum absolute atomic E-state index is 0.00768. The molecule has 1 aromatic heterocycles. The van der Waals surface area contributed by atoms with Crippen molar-refractivity contribution in [3.8, 4) is 29.0 Å². The Morgan fingerprint density at radius 2 is 1.95 bits per heavy atom. The number of ether oxygens (including phenoxy) is 1. The summed E-state index contributed by atoms with van der Waals surface area (Å²) in [6.45, 7) is 2.05. The molecule has 0 saturated heterocycles. The number of hydrogen-bond donors (Lipinski definition) is 2. The average Bonchev–Trinajstić information content (AvgIpc) is 2.46. The lowest BCUT2D eigenvalue weighted by atomic mass is 9.96. The molecule has 2 rings (SSSR count). The number of pyridine rings is 1. The zero-order valence-corrected chi connectivity index (χ0v) is 11.6. The third-order valence-corrected chi connectivity index (χ3v) is 2.94. The van der Waals surface area contributed by atoms with Gasteiger partial charge in [-0.15, -0.1) is 0 Å². The number of aromatic nitrogens is 1. The van der Waals surface area contributed by atoms with E-state index in [0.29, 0.717) is 6.61 Å². The van der Waals surface area contributed by atoms with Crippen molar-refractivity contribution in [2.45, 2.75) is 6.92 Å².